The van der Waals surface area contributed by atoms with Crippen molar-refractivity contribution in [2.24, 2.45) is 11.7 Å². The number of aryl methyl sites for hydroxylation is 1. The van der Waals surface area contributed by atoms with Crippen LogP contribution in [0.4, 0.5) is 4.39 Å². The minimum atomic E-state index is -0.908. The van der Waals surface area contributed by atoms with Crippen LogP contribution in [-0.4, -0.2) is 25.2 Å². The van der Waals surface area contributed by atoms with Crippen molar-refractivity contribution in [2.45, 2.75) is 38.1 Å². The predicted octanol–water partition coefficient (Wildman–Crippen LogP) is 2.57. The largest absolute Gasteiger partial charge is 0.493 e. The van der Waals surface area contributed by atoms with E-state index in [2.05, 4.69) is 0 Å². The Bertz CT molecular complexity index is 520. The van der Waals surface area contributed by atoms with Gasteiger partial charge in [0, 0.05) is 6.07 Å². The standard InChI is InChI=1S/C16H22FNO3/c1-11-5-6-13(17)10-14(11)21-9-7-12-4-3-8-16(12,18)15(19)20-2/h5-6,10,12H,3-4,7-9,18H2,1-2H3. The van der Waals surface area contributed by atoms with Crippen LogP contribution in [0.25, 0.3) is 0 Å². The number of carbonyl (C=O) groups excluding carboxylic acids is 1. The maximum absolute atomic E-state index is 13.2. The van der Waals surface area contributed by atoms with Crippen LogP contribution in [0.3, 0.4) is 0 Å². The highest BCUT2D eigenvalue weighted by Crippen LogP contribution is 2.37. The molecule has 2 unspecified atom stereocenters. The molecule has 1 aliphatic rings. The average Bonchev–Trinajstić information content (AvgIpc) is 2.84. The summed E-state index contributed by atoms with van der Waals surface area (Å²) in [4.78, 5) is 11.8. The van der Waals surface area contributed by atoms with Gasteiger partial charge in [0.15, 0.2) is 0 Å². The highest BCUT2D eigenvalue weighted by atomic mass is 19.1. The lowest BCUT2D eigenvalue weighted by Gasteiger charge is -2.28. The molecule has 0 bridgehead atoms. The van der Waals surface area contributed by atoms with Crippen LogP contribution < -0.4 is 10.5 Å². The molecule has 0 spiro atoms. The molecule has 1 aromatic carbocycles. The van der Waals surface area contributed by atoms with Gasteiger partial charge in [-0.2, -0.15) is 0 Å². The second kappa shape index (κ2) is 6.43. The van der Waals surface area contributed by atoms with Gasteiger partial charge in [-0.1, -0.05) is 12.5 Å². The van der Waals surface area contributed by atoms with Gasteiger partial charge in [0.05, 0.1) is 13.7 Å². The predicted molar refractivity (Wildman–Crippen MR) is 77.5 cm³/mol. The molecule has 2 atom stereocenters. The fourth-order valence-corrected chi connectivity index (χ4v) is 3.00. The zero-order valence-corrected chi connectivity index (χ0v) is 12.5. The van der Waals surface area contributed by atoms with Gasteiger partial charge in [-0.05, 0) is 43.7 Å². The fourth-order valence-electron chi connectivity index (χ4n) is 3.00. The summed E-state index contributed by atoms with van der Waals surface area (Å²) in [5.74, 6) is -0.0985. The van der Waals surface area contributed by atoms with Crippen molar-refractivity contribution in [3.8, 4) is 5.75 Å². The Kier molecular flexibility index (Phi) is 4.83. The van der Waals surface area contributed by atoms with Crippen LogP contribution in [0.2, 0.25) is 0 Å². The summed E-state index contributed by atoms with van der Waals surface area (Å²) >= 11 is 0. The molecule has 2 N–H and O–H groups in total. The molecule has 0 radical (unpaired) electrons. The highest BCUT2D eigenvalue weighted by Gasteiger charge is 2.46. The molecule has 0 aliphatic heterocycles. The van der Waals surface area contributed by atoms with Crippen molar-refractivity contribution in [3.05, 3.63) is 29.6 Å². The van der Waals surface area contributed by atoms with E-state index < -0.39 is 5.54 Å². The Labute approximate surface area is 124 Å². The molecule has 0 amide bonds. The number of ether oxygens (including phenoxy) is 2. The lowest BCUT2D eigenvalue weighted by atomic mass is 9.86. The van der Waals surface area contributed by atoms with Crippen LogP contribution in [0.1, 0.15) is 31.2 Å². The summed E-state index contributed by atoms with van der Waals surface area (Å²) in [5, 5.41) is 0. The first-order chi connectivity index (χ1) is 9.97. The molecule has 0 heterocycles. The molecule has 1 aromatic rings. The summed E-state index contributed by atoms with van der Waals surface area (Å²) in [6, 6.07) is 4.46. The molecule has 21 heavy (non-hydrogen) atoms. The lowest BCUT2D eigenvalue weighted by molar-refractivity contribution is -0.148. The Hall–Kier alpha value is -1.62. The number of halogens is 1. The van der Waals surface area contributed by atoms with E-state index in [0.29, 0.717) is 25.2 Å². The molecule has 2 rings (SSSR count). The van der Waals surface area contributed by atoms with Crippen LogP contribution in [0.5, 0.6) is 5.75 Å². The van der Waals surface area contributed by atoms with Gasteiger partial charge in [-0.3, -0.25) is 4.79 Å². The van der Waals surface area contributed by atoms with E-state index in [9.17, 15) is 9.18 Å². The molecule has 1 aliphatic carbocycles. The smallest absolute Gasteiger partial charge is 0.326 e. The Morgan fingerprint density at radius 3 is 3.00 bits per heavy atom. The Morgan fingerprint density at radius 2 is 2.29 bits per heavy atom. The molecule has 1 saturated carbocycles. The summed E-state index contributed by atoms with van der Waals surface area (Å²) in [5.41, 5.74) is 6.18. The number of rotatable bonds is 5. The van der Waals surface area contributed by atoms with Crippen LogP contribution in [0.15, 0.2) is 18.2 Å². The summed E-state index contributed by atoms with van der Waals surface area (Å²) in [7, 11) is 1.36. The van der Waals surface area contributed by atoms with Gasteiger partial charge in [-0.25, -0.2) is 4.39 Å². The third-order valence-electron chi connectivity index (χ3n) is 4.31. The molecular weight excluding hydrogens is 273 g/mol. The number of methoxy groups -OCH3 is 1. The fraction of sp³-hybridized carbons (Fsp3) is 0.562. The number of benzene rings is 1. The highest BCUT2D eigenvalue weighted by molar-refractivity contribution is 5.81. The summed E-state index contributed by atoms with van der Waals surface area (Å²) in [6.45, 7) is 2.27. The van der Waals surface area contributed by atoms with Crippen molar-refractivity contribution in [1.82, 2.24) is 0 Å². The van der Waals surface area contributed by atoms with E-state index in [1.165, 1.54) is 19.2 Å². The molecular formula is C16H22FNO3. The third kappa shape index (κ3) is 3.35. The van der Waals surface area contributed by atoms with E-state index in [1.807, 2.05) is 6.92 Å². The number of esters is 1. The summed E-state index contributed by atoms with van der Waals surface area (Å²) in [6.07, 6.45) is 3.09. The Balaban J connectivity index is 1.94. The van der Waals surface area contributed by atoms with Gasteiger partial charge < -0.3 is 15.2 Å². The third-order valence-corrected chi connectivity index (χ3v) is 4.31. The number of carbonyl (C=O) groups is 1. The van der Waals surface area contributed by atoms with E-state index >= 15 is 0 Å². The van der Waals surface area contributed by atoms with Crippen LogP contribution in [-0.2, 0) is 9.53 Å². The number of hydrogen-bond donors (Lipinski definition) is 1. The lowest BCUT2D eigenvalue weighted by Crippen LogP contribution is -2.52. The van der Waals surface area contributed by atoms with Gasteiger partial charge >= 0.3 is 5.97 Å². The second-order valence-electron chi connectivity index (χ2n) is 5.67. The van der Waals surface area contributed by atoms with E-state index in [-0.39, 0.29) is 17.7 Å². The molecule has 116 valence electrons. The topological polar surface area (TPSA) is 61.5 Å². The zero-order valence-electron chi connectivity index (χ0n) is 12.5. The first kappa shape index (κ1) is 15.8. The quantitative estimate of drug-likeness (QED) is 0.848. The Morgan fingerprint density at radius 1 is 1.52 bits per heavy atom. The normalized spacial score (nSPS) is 24.9. The van der Waals surface area contributed by atoms with Crippen molar-refractivity contribution in [1.29, 1.82) is 0 Å². The van der Waals surface area contributed by atoms with E-state index in [0.717, 1.165) is 18.4 Å². The summed E-state index contributed by atoms with van der Waals surface area (Å²) < 4.78 is 23.6. The van der Waals surface area contributed by atoms with Crippen LogP contribution in [0, 0.1) is 18.7 Å². The molecule has 0 aromatic heterocycles. The van der Waals surface area contributed by atoms with Crippen LogP contribution >= 0.6 is 0 Å². The van der Waals surface area contributed by atoms with Crippen molar-refractivity contribution in [3.63, 3.8) is 0 Å². The van der Waals surface area contributed by atoms with Gasteiger partial charge in [0.25, 0.3) is 0 Å². The molecule has 4 nitrogen and oxygen atoms in total. The maximum atomic E-state index is 13.2. The van der Waals surface area contributed by atoms with Gasteiger partial charge in [-0.15, -0.1) is 0 Å². The second-order valence-corrected chi connectivity index (χ2v) is 5.67. The molecule has 0 saturated heterocycles. The maximum Gasteiger partial charge on any atom is 0.326 e. The van der Waals surface area contributed by atoms with E-state index in [1.54, 1.807) is 6.07 Å². The number of hydrogen-bond acceptors (Lipinski definition) is 4. The number of nitrogens with two attached hydrogens (primary N) is 1. The van der Waals surface area contributed by atoms with Crippen molar-refractivity contribution < 1.29 is 18.7 Å². The molecule has 1 fully saturated rings. The average molecular weight is 295 g/mol. The monoisotopic (exact) mass is 295 g/mol. The zero-order chi connectivity index (χ0) is 15.5. The van der Waals surface area contributed by atoms with Crippen molar-refractivity contribution in [2.75, 3.05) is 13.7 Å². The molecule has 5 heteroatoms. The first-order valence-electron chi connectivity index (χ1n) is 7.23. The first-order valence-corrected chi connectivity index (χ1v) is 7.23. The van der Waals surface area contributed by atoms with Crippen molar-refractivity contribution >= 4 is 5.97 Å². The minimum absolute atomic E-state index is 0.0406. The van der Waals surface area contributed by atoms with E-state index in [4.69, 9.17) is 15.2 Å². The SMILES string of the molecule is COC(=O)C1(N)CCCC1CCOc1cc(F)ccc1C. The van der Waals surface area contributed by atoms with Gasteiger partial charge in [0.1, 0.15) is 17.1 Å². The minimum Gasteiger partial charge on any atom is -0.493 e. The van der Waals surface area contributed by atoms with Gasteiger partial charge in [0.2, 0.25) is 0 Å².